The van der Waals surface area contributed by atoms with Crippen LogP contribution in [0.25, 0.3) is 0 Å². The van der Waals surface area contributed by atoms with Gasteiger partial charge in [-0.2, -0.15) is 0 Å². The highest BCUT2D eigenvalue weighted by Gasteiger charge is 2.31. The van der Waals surface area contributed by atoms with Gasteiger partial charge in [-0.1, -0.05) is 91.6 Å². The predicted octanol–water partition coefficient (Wildman–Crippen LogP) is 7.41. The van der Waals surface area contributed by atoms with E-state index in [2.05, 4.69) is 10.6 Å². The van der Waals surface area contributed by atoms with Gasteiger partial charge in [0, 0.05) is 11.6 Å². The fourth-order valence-corrected chi connectivity index (χ4v) is 6.23. The Morgan fingerprint density at radius 3 is 2.19 bits per heavy atom. The third kappa shape index (κ3) is 10.7. The zero-order valence-corrected chi connectivity index (χ0v) is 27.1. The molecule has 1 saturated carbocycles. The molecule has 1 aliphatic rings. The zero-order valence-electron chi connectivity index (χ0n) is 27.1. The van der Waals surface area contributed by atoms with Gasteiger partial charge in [-0.15, -0.1) is 0 Å². The normalized spacial score (nSPS) is 15.2. The van der Waals surface area contributed by atoms with Crippen molar-refractivity contribution >= 4 is 11.8 Å². The van der Waals surface area contributed by atoms with Gasteiger partial charge in [-0.3, -0.25) is 9.59 Å². The van der Waals surface area contributed by atoms with E-state index in [-0.39, 0.29) is 36.8 Å². The third-order valence-corrected chi connectivity index (χ3v) is 8.83. The lowest BCUT2D eigenvalue weighted by atomic mass is 9.80. The number of aliphatic hydroxyl groups excluding tert-OH is 1. The van der Waals surface area contributed by atoms with Crippen LogP contribution in [-0.4, -0.2) is 41.7 Å². The lowest BCUT2D eigenvalue weighted by Gasteiger charge is -2.34. The highest BCUT2D eigenvalue weighted by Crippen LogP contribution is 2.30. The summed E-state index contributed by atoms with van der Waals surface area (Å²) in [7, 11) is 0. The lowest BCUT2D eigenvalue weighted by molar-refractivity contribution is -0.123. The van der Waals surface area contributed by atoms with Crippen LogP contribution in [-0.2, 0) is 11.2 Å². The monoisotopic (exact) mass is 634 g/mol. The van der Waals surface area contributed by atoms with Crippen LogP contribution in [0.4, 0.5) is 0 Å². The number of nitrogens with one attached hydrogen (secondary N) is 2. The van der Waals surface area contributed by atoms with E-state index in [1.54, 1.807) is 12.1 Å². The van der Waals surface area contributed by atoms with Crippen molar-refractivity contribution < 1.29 is 24.2 Å². The molecular weight excluding hydrogens is 588 g/mol. The Morgan fingerprint density at radius 2 is 1.47 bits per heavy atom. The van der Waals surface area contributed by atoms with Gasteiger partial charge in [-0.25, -0.2) is 0 Å². The van der Waals surface area contributed by atoms with Crippen molar-refractivity contribution in [2.45, 2.75) is 76.5 Å². The Hall–Kier alpha value is -4.62. The van der Waals surface area contributed by atoms with Crippen molar-refractivity contribution in [3.05, 3.63) is 126 Å². The van der Waals surface area contributed by atoms with Crippen molar-refractivity contribution in [1.29, 1.82) is 0 Å². The van der Waals surface area contributed by atoms with Gasteiger partial charge in [0.05, 0.1) is 25.2 Å². The molecule has 0 aliphatic heterocycles. The van der Waals surface area contributed by atoms with Gasteiger partial charge in [0.2, 0.25) is 5.91 Å². The molecule has 0 heterocycles. The predicted molar refractivity (Wildman–Crippen MR) is 185 cm³/mol. The highest BCUT2D eigenvalue weighted by molar-refractivity contribution is 5.94. The lowest BCUT2D eigenvalue weighted by Crippen LogP contribution is -2.50. The smallest absolute Gasteiger partial charge is 0.251 e. The van der Waals surface area contributed by atoms with Crippen LogP contribution in [0.2, 0.25) is 0 Å². The van der Waals surface area contributed by atoms with E-state index < -0.39 is 12.1 Å². The molecule has 0 aromatic heterocycles. The maximum Gasteiger partial charge on any atom is 0.251 e. The maximum atomic E-state index is 13.6. The largest absolute Gasteiger partial charge is 0.493 e. The number of carbonyl (C=O) groups excluding carboxylic acids is 2. The van der Waals surface area contributed by atoms with Crippen molar-refractivity contribution in [1.82, 2.24) is 10.6 Å². The van der Waals surface area contributed by atoms with Crippen molar-refractivity contribution in [3.63, 3.8) is 0 Å². The summed E-state index contributed by atoms with van der Waals surface area (Å²) in [6.07, 6.45) is 5.42. The first-order valence-electron chi connectivity index (χ1n) is 16.8. The average molecular weight is 635 g/mol. The molecule has 47 heavy (non-hydrogen) atoms. The Balaban J connectivity index is 1.26. The standard InChI is InChI=1S/C40H46N2O5/c1-29-20-22-33(23-21-29)46-25-24-39(44)41-37(26-30-12-5-2-6-13-30)38(43)28-36(31-14-7-3-8-15-31)42-40(45)32-16-11-19-35(27-32)47-34-17-9-4-10-18-34/h2,4-6,9-13,16-23,27,31,36-38,43H,3,7-8,14-15,24-26,28H2,1H3,(H,41,44)(H,42,45)/t36-,37+,38+/m1/s1. The van der Waals surface area contributed by atoms with Crippen LogP contribution in [0.15, 0.2) is 109 Å². The maximum absolute atomic E-state index is 13.6. The third-order valence-electron chi connectivity index (χ3n) is 8.83. The van der Waals surface area contributed by atoms with Crippen LogP contribution in [0.1, 0.15) is 66.4 Å². The van der Waals surface area contributed by atoms with Crippen LogP contribution in [0, 0.1) is 12.8 Å². The fourth-order valence-electron chi connectivity index (χ4n) is 6.23. The van der Waals surface area contributed by atoms with E-state index in [0.29, 0.717) is 35.7 Å². The number of rotatable bonds is 15. The van der Waals surface area contributed by atoms with Gasteiger partial charge in [-0.05, 0) is 86.6 Å². The molecule has 3 atom stereocenters. The number of benzene rings is 4. The molecule has 0 bridgehead atoms. The number of aryl methyl sites for hydroxylation is 1. The van der Waals surface area contributed by atoms with Gasteiger partial charge in [0.25, 0.3) is 5.91 Å². The minimum absolute atomic E-state index is 0.163. The molecule has 0 unspecified atom stereocenters. The van der Waals surface area contributed by atoms with E-state index in [9.17, 15) is 14.7 Å². The SMILES string of the molecule is Cc1ccc(OCCC(=O)N[C@@H](Cc2ccccc2)[C@@H](O)C[C@@H](NC(=O)c2cccc(Oc3ccccc3)c2)C2CCCCC2)cc1. The first-order valence-corrected chi connectivity index (χ1v) is 16.8. The summed E-state index contributed by atoms with van der Waals surface area (Å²) in [5.74, 6) is 1.83. The molecule has 0 saturated heterocycles. The molecule has 2 amide bonds. The number of hydrogen-bond acceptors (Lipinski definition) is 5. The summed E-state index contributed by atoms with van der Waals surface area (Å²) in [6, 6.07) is 33.4. The molecule has 4 aromatic carbocycles. The van der Waals surface area contributed by atoms with E-state index >= 15 is 0 Å². The van der Waals surface area contributed by atoms with Crippen LogP contribution in [0.3, 0.4) is 0 Å². The number of carbonyl (C=O) groups is 2. The van der Waals surface area contributed by atoms with Gasteiger partial charge in [0.15, 0.2) is 0 Å². The Morgan fingerprint density at radius 1 is 0.787 bits per heavy atom. The molecule has 246 valence electrons. The van der Waals surface area contributed by atoms with Gasteiger partial charge in [0.1, 0.15) is 17.2 Å². The second-order valence-corrected chi connectivity index (χ2v) is 12.5. The number of para-hydroxylation sites is 1. The van der Waals surface area contributed by atoms with E-state index in [4.69, 9.17) is 9.47 Å². The van der Waals surface area contributed by atoms with Crippen molar-refractivity contribution in [2.24, 2.45) is 5.92 Å². The van der Waals surface area contributed by atoms with Gasteiger partial charge >= 0.3 is 0 Å². The summed E-state index contributed by atoms with van der Waals surface area (Å²) in [5.41, 5.74) is 2.65. The minimum atomic E-state index is -0.878. The highest BCUT2D eigenvalue weighted by atomic mass is 16.5. The zero-order chi connectivity index (χ0) is 32.8. The van der Waals surface area contributed by atoms with Crippen LogP contribution < -0.4 is 20.1 Å². The Bertz CT molecular complexity index is 1540. The van der Waals surface area contributed by atoms with Crippen LogP contribution >= 0.6 is 0 Å². The number of ether oxygens (including phenoxy) is 2. The second kappa shape index (κ2) is 17.3. The topological polar surface area (TPSA) is 96.9 Å². The molecule has 0 spiro atoms. The summed E-state index contributed by atoms with van der Waals surface area (Å²) in [6.45, 7) is 2.25. The van der Waals surface area contributed by atoms with Gasteiger partial charge < -0.3 is 25.2 Å². The molecule has 1 aliphatic carbocycles. The first kappa shape index (κ1) is 33.7. The number of amides is 2. The Kier molecular flexibility index (Phi) is 12.4. The number of aliphatic hydroxyl groups is 1. The molecule has 0 radical (unpaired) electrons. The molecule has 5 rings (SSSR count). The molecule has 7 heteroatoms. The van der Waals surface area contributed by atoms with E-state index in [1.807, 2.05) is 104 Å². The fraction of sp³-hybridized carbons (Fsp3) is 0.350. The summed E-state index contributed by atoms with van der Waals surface area (Å²) >= 11 is 0. The molecular formula is C40H46N2O5. The van der Waals surface area contributed by atoms with E-state index in [1.165, 1.54) is 6.42 Å². The summed E-state index contributed by atoms with van der Waals surface area (Å²) in [5, 5.41) is 18.1. The van der Waals surface area contributed by atoms with E-state index in [0.717, 1.165) is 36.8 Å². The molecule has 1 fully saturated rings. The second-order valence-electron chi connectivity index (χ2n) is 12.5. The number of hydrogen-bond donors (Lipinski definition) is 3. The molecule has 3 N–H and O–H groups in total. The first-order chi connectivity index (χ1) is 22.9. The van der Waals surface area contributed by atoms with Crippen molar-refractivity contribution in [2.75, 3.05) is 6.61 Å². The Labute approximate surface area is 278 Å². The quantitative estimate of drug-likeness (QED) is 0.127. The summed E-state index contributed by atoms with van der Waals surface area (Å²) in [4.78, 5) is 26.8. The van der Waals surface area contributed by atoms with Crippen molar-refractivity contribution in [3.8, 4) is 17.2 Å². The molecule has 4 aromatic rings. The van der Waals surface area contributed by atoms with Crippen LogP contribution in [0.5, 0.6) is 17.2 Å². The average Bonchev–Trinajstić information content (AvgIpc) is 3.10. The summed E-state index contributed by atoms with van der Waals surface area (Å²) < 4.78 is 11.8. The minimum Gasteiger partial charge on any atom is -0.493 e. The molecule has 7 nitrogen and oxygen atoms in total.